The Bertz CT molecular complexity index is 688. The lowest BCUT2D eigenvalue weighted by atomic mass is 9.96. The summed E-state index contributed by atoms with van der Waals surface area (Å²) in [5.74, 6) is -5.36. The number of carbonyl (C=O) groups excluding carboxylic acids is 1. The van der Waals surface area contributed by atoms with Gasteiger partial charge in [-0.15, -0.1) is 0 Å². The van der Waals surface area contributed by atoms with E-state index in [1.807, 2.05) is 6.07 Å². The Labute approximate surface area is 148 Å². The number of hydrogen-bond acceptors (Lipinski definition) is 3. The molecule has 1 aromatic carbocycles. The normalized spacial score (nSPS) is 21.1. The van der Waals surface area contributed by atoms with Gasteiger partial charge in [0.05, 0.1) is 23.9 Å². The monoisotopic (exact) mass is 369 g/mol. The van der Waals surface area contributed by atoms with Crippen molar-refractivity contribution in [1.29, 1.82) is 5.26 Å². The molecule has 26 heavy (non-hydrogen) atoms. The molecule has 2 amide bonds. The van der Waals surface area contributed by atoms with Crippen molar-refractivity contribution in [3.05, 3.63) is 35.9 Å². The Morgan fingerprint density at radius 3 is 2.46 bits per heavy atom. The van der Waals surface area contributed by atoms with E-state index in [9.17, 15) is 22.8 Å². The molecule has 140 valence electrons. The first kappa shape index (κ1) is 19.6. The van der Waals surface area contributed by atoms with Gasteiger partial charge in [-0.1, -0.05) is 30.3 Å². The minimum absolute atomic E-state index is 0.156. The number of carbonyl (C=O) groups is 2. The van der Waals surface area contributed by atoms with E-state index in [4.69, 9.17) is 10.4 Å². The fourth-order valence-electron chi connectivity index (χ4n) is 3.01. The average Bonchev–Trinajstić information content (AvgIpc) is 3.05. The van der Waals surface area contributed by atoms with Crippen LogP contribution in [0.5, 0.6) is 0 Å². The first-order valence-corrected chi connectivity index (χ1v) is 8.01. The Kier molecular flexibility index (Phi) is 6.08. The predicted octanol–water partition coefficient (Wildman–Crippen LogP) is 2.94. The maximum Gasteiger partial charge on any atom is 0.394 e. The molecule has 0 saturated carbocycles. The second kappa shape index (κ2) is 8.08. The van der Waals surface area contributed by atoms with Gasteiger partial charge in [0.15, 0.2) is 0 Å². The third-order valence-corrected chi connectivity index (χ3v) is 4.39. The van der Waals surface area contributed by atoms with E-state index in [0.29, 0.717) is 6.42 Å². The number of amides is 2. The van der Waals surface area contributed by atoms with Crippen molar-refractivity contribution in [2.75, 3.05) is 13.1 Å². The summed E-state index contributed by atoms with van der Waals surface area (Å²) in [5, 5.41) is 20.4. The molecule has 1 heterocycles. The number of likely N-dealkylation sites (tertiary alicyclic amines) is 1. The van der Waals surface area contributed by atoms with Gasteiger partial charge in [-0.25, -0.2) is 4.79 Å². The van der Waals surface area contributed by atoms with Crippen LogP contribution in [0.1, 0.15) is 24.4 Å². The maximum absolute atomic E-state index is 13.0. The second-order valence-electron chi connectivity index (χ2n) is 6.11. The van der Waals surface area contributed by atoms with Gasteiger partial charge in [-0.05, 0) is 12.0 Å². The minimum atomic E-state index is -4.70. The summed E-state index contributed by atoms with van der Waals surface area (Å²) in [6, 6.07) is 9.41. The van der Waals surface area contributed by atoms with Crippen LogP contribution < -0.4 is 5.32 Å². The number of carboxylic acids is 1. The first-order chi connectivity index (χ1) is 12.2. The highest BCUT2D eigenvalue weighted by molar-refractivity contribution is 5.78. The Balaban J connectivity index is 2.12. The van der Waals surface area contributed by atoms with E-state index in [1.54, 1.807) is 30.3 Å². The van der Waals surface area contributed by atoms with Gasteiger partial charge in [0.25, 0.3) is 0 Å². The number of aliphatic carboxylic acids is 1. The van der Waals surface area contributed by atoms with Gasteiger partial charge in [-0.2, -0.15) is 18.4 Å². The SMILES string of the molecule is N#CCCC(NC(=O)N1C[C@@H](C(F)(F)F)[C@H](C(=O)O)C1)c1ccccc1. The molecule has 0 radical (unpaired) electrons. The van der Waals surface area contributed by atoms with Crippen molar-refractivity contribution in [2.45, 2.75) is 25.1 Å². The summed E-state index contributed by atoms with van der Waals surface area (Å²) in [4.78, 5) is 24.4. The second-order valence-corrected chi connectivity index (χ2v) is 6.11. The fraction of sp³-hybridized carbons (Fsp3) is 0.471. The van der Waals surface area contributed by atoms with E-state index in [0.717, 1.165) is 10.5 Å². The molecule has 1 fully saturated rings. The Hall–Kier alpha value is -2.76. The number of nitriles is 1. The van der Waals surface area contributed by atoms with Crippen LogP contribution in [0.2, 0.25) is 0 Å². The van der Waals surface area contributed by atoms with Crippen LogP contribution in [0.25, 0.3) is 0 Å². The van der Waals surface area contributed by atoms with Crippen LogP contribution in [0.4, 0.5) is 18.0 Å². The van der Waals surface area contributed by atoms with Gasteiger partial charge in [0.2, 0.25) is 0 Å². The highest BCUT2D eigenvalue weighted by Gasteiger charge is 2.53. The molecular weight excluding hydrogens is 351 g/mol. The number of nitrogens with one attached hydrogen (secondary N) is 1. The van der Waals surface area contributed by atoms with Crippen molar-refractivity contribution in [3.63, 3.8) is 0 Å². The van der Waals surface area contributed by atoms with E-state index < -0.39 is 49.1 Å². The number of carboxylic acid groups (broad SMARTS) is 1. The molecule has 1 aliphatic rings. The van der Waals surface area contributed by atoms with Gasteiger partial charge in [0.1, 0.15) is 0 Å². The number of nitrogens with zero attached hydrogens (tertiary/aromatic N) is 2. The van der Waals surface area contributed by atoms with Crippen molar-refractivity contribution >= 4 is 12.0 Å². The van der Waals surface area contributed by atoms with E-state index >= 15 is 0 Å². The van der Waals surface area contributed by atoms with Crippen LogP contribution in [-0.2, 0) is 4.79 Å². The van der Waals surface area contributed by atoms with E-state index in [-0.39, 0.29) is 6.42 Å². The molecule has 1 saturated heterocycles. The van der Waals surface area contributed by atoms with Crippen LogP contribution in [-0.4, -0.2) is 41.3 Å². The fourth-order valence-corrected chi connectivity index (χ4v) is 3.01. The zero-order valence-electron chi connectivity index (χ0n) is 13.7. The molecule has 0 aliphatic carbocycles. The smallest absolute Gasteiger partial charge is 0.394 e. The number of urea groups is 1. The summed E-state index contributed by atoms with van der Waals surface area (Å²) in [5.41, 5.74) is 0.720. The predicted molar refractivity (Wildman–Crippen MR) is 84.8 cm³/mol. The Morgan fingerprint density at radius 1 is 1.31 bits per heavy atom. The summed E-state index contributed by atoms with van der Waals surface area (Å²) in [6.07, 6.45) is -4.24. The van der Waals surface area contributed by atoms with Crippen molar-refractivity contribution in [3.8, 4) is 6.07 Å². The zero-order valence-corrected chi connectivity index (χ0v) is 13.7. The molecule has 3 atom stereocenters. The summed E-state index contributed by atoms with van der Waals surface area (Å²) in [7, 11) is 0. The Morgan fingerprint density at radius 2 is 1.96 bits per heavy atom. The van der Waals surface area contributed by atoms with E-state index in [2.05, 4.69) is 5.32 Å². The summed E-state index contributed by atoms with van der Waals surface area (Å²) < 4.78 is 39.1. The molecular formula is C17H18F3N3O3. The van der Waals surface area contributed by atoms with Crippen LogP contribution in [0.3, 0.4) is 0 Å². The molecule has 0 aromatic heterocycles. The summed E-state index contributed by atoms with van der Waals surface area (Å²) in [6.45, 7) is -1.21. The molecule has 9 heteroatoms. The number of hydrogen-bond donors (Lipinski definition) is 2. The number of alkyl halides is 3. The molecule has 1 unspecified atom stereocenters. The van der Waals surface area contributed by atoms with E-state index in [1.165, 1.54) is 0 Å². The standard InChI is InChI=1S/C17H18F3N3O3/c18-17(19,20)13-10-23(9-12(13)15(24)25)16(26)22-14(7-4-8-21)11-5-2-1-3-6-11/h1-3,5-6,12-14H,4,7,9-10H2,(H,22,26)(H,24,25)/t12-,13-,14?/m1/s1. The first-order valence-electron chi connectivity index (χ1n) is 8.01. The van der Waals surface area contributed by atoms with Crippen molar-refractivity contribution < 1.29 is 27.9 Å². The topological polar surface area (TPSA) is 93.4 Å². The molecule has 1 aromatic rings. The van der Waals surface area contributed by atoms with Crippen molar-refractivity contribution in [1.82, 2.24) is 10.2 Å². The molecule has 2 N–H and O–H groups in total. The number of rotatable bonds is 5. The number of benzene rings is 1. The lowest BCUT2D eigenvalue weighted by molar-refractivity contribution is -0.187. The minimum Gasteiger partial charge on any atom is -0.481 e. The molecule has 0 spiro atoms. The largest absolute Gasteiger partial charge is 0.481 e. The highest BCUT2D eigenvalue weighted by atomic mass is 19.4. The van der Waals surface area contributed by atoms with Gasteiger partial charge in [-0.3, -0.25) is 4.79 Å². The van der Waals surface area contributed by atoms with Crippen LogP contribution in [0.15, 0.2) is 30.3 Å². The molecule has 6 nitrogen and oxygen atoms in total. The van der Waals surface area contributed by atoms with Crippen LogP contribution >= 0.6 is 0 Å². The highest BCUT2D eigenvalue weighted by Crippen LogP contribution is 2.37. The van der Waals surface area contributed by atoms with Gasteiger partial charge in [0, 0.05) is 19.5 Å². The molecule has 1 aliphatic heterocycles. The van der Waals surface area contributed by atoms with Crippen LogP contribution in [0, 0.1) is 23.2 Å². The van der Waals surface area contributed by atoms with Crippen molar-refractivity contribution in [2.24, 2.45) is 11.8 Å². The third-order valence-electron chi connectivity index (χ3n) is 4.39. The van der Waals surface area contributed by atoms with Gasteiger partial charge >= 0.3 is 18.2 Å². The molecule has 2 rings (SSSR count). The lowest BCUT2D eigenvalue weighted by Crippen LogP contribution is -2.41. The average molecular weight is 369 g/mol. The van der Waals surface area contributed by atoms with Gasteiger partial charge < -0.3 is 15.3 Å². The number of halogens is 3. The zero-order chi connectivity index (χ0) is 19.3. The quantitative estimate of drug-likeness (QED) is 0.834. The third kappa shape index (κ3) is 4.65. The molecule has 0 bridgehead atoms. The lowest BCUT2D eigenvalue weighted by Gasteiger charge is -2.23. The summed E-state index contributed by atoms with van der Waals surface area (Å²) >= 11 is 0. The maximum atomic E-state index is 13.0.